The van der Waals surface area contributed by atoms with Crippen LogP contribution in [0.5, 0.6) is 0 Å². The van der Waals surface area contributed by atoms with Gasteiger partial charge < -0.3 is 20.7 Å². The molecule has 1 amide bonds. The molecule has 2 aromatic carbocycles. The third kappa shape index (κ3) is 6.24. The number of hydrogen-bond donors (Lipinski definition) is 2. The molecule has 1 unspecified atom stereocenters. The summed E-state index contributed by atoms with van der Waals surface area (Å²) >= 11 is 0. The van der Waals surface area contributed by atoms with Gasteiger partial charge >= 0.3 is 18.3 Å². The van der Waals surface area contributed by atoms with Crippen LogP contribution in [0.4, 0.5) is 30.7 Å². The number of carbonyl (C=O) groups excluding carboxylic acids is 2. The molecule has 236 valence electrons. The van der Waals surface area contributed by atoms with E-state index in [1.165, 1.54) is 44.1 Å². The van der Waals surface area contributed by atoms with Crippen LogP contribution in [-0.4, -0.2) is 48.1 Å². The topological polar surface area (TPSA) is 84.7 Å². The standard InChI is InChI=1S/C30H34F7N3O3/c1-16-11-21(31)5-6-22(16)24-15-28(23(7-9-39-28)25(41)43-4)8-10-40(24)26(42)27(3,38)17(2)18-12-19(29(32,33)34)14-20(13-18)30(35,36)37/h5-6,11-14,17,23-24,39H,7-10,15,38H2,1-4H3/t17-,23-,24-,27?,28-/m1/s1. The van der Waals surface area contributed by atoms with E-state index in [0.29, 0.717) is 42.6 Å². The van der Waals surface area contributed by atoms with E-state index < -0.39 is 75.7 Å². The number of hydrogen-bond acceptors (Lipinski definition) is 5. The fourth-order valence-corrected chi connectivity index (χ4v) is 6.46. The second-order valence-corrected chi connectivity index (χ2v) is 11.8. The zero-order valence-corrected chi connectivity index (χ0v) is 24.1. The normalized spacial score (nSPS) is 25.0. The minimum atomic E-state index is -5.07. The lowest BCUT2D eigenvalue weighted by molar-refractivity contribution is -0.150. The van der Waals surface area contributed by atoms with Gasteiger partial charge in [0.25, 0.3) is 0 Å². The Morgan fingerprint density at radius 2 is 1.67 bits per heavy atom. The van der Waals surface area contributed by atoms with Gasteiger partial charge in [-0.05, 0) is 86.7 Å². The number of nitrogens with one attached hydrogen (secondary N) is 1. The summed E-state index contributed by atoms with van der Waals surface area (Å²) in [5, 5.41) is 3.40. The summed E-state index contributed by atoms with van der Waals surface area (Å²) in [6.07, 6.45) is -9.11. The molecule has 2 fully saturated rings. The van der Waals surface area contributed by atoms with Crippen LogP contribution in [0, 0.1) is 18.7 Å². The van der Waals surface area contributed by atoms with Crippen LogP contribution in [0.1, 0.15) is 72.9 Å². The van der Waals surface area contributed by atoms with E-state index in [1.807, 2.05) is 0 Å². The van der Waals surface area contributed by atoms with Crippen molar-refractivity contribution in [2.45, 2.75) is 75.4 Å². The first-order valence-electron chi connectivity index (χ1n) is 13.8. The Hall–Kier alpha value is -3.19. The molecule has 2 aliphatic rings. The van der Waals surface area contributed by atoms with Crippen molar-refractivity contribution in [2.24, 2.45) is 11.7 Å². The highest BCUT2D eigenvalue weighted by molar-refractivity contribution is 5.87. The monoisotopic (exact) mass is 617 g/mol. The van der Waals surface area contributed by atoms with Crippen LogP contribution < -0.4 is 11.1 Å². The predicted octanol–water partition coefficient (Wildman–Crippen LogP) is 5.88. The summed E-state index contributed by atoms with van der Waals surface area (Å²) in [5.41, 5.74) is 1.51. The minimum Gasteiger partial charge on any atom is -0.469 e. The summed E-state index contributed by atoms with van der Waals surface area (Å²) in [4.78, 5) is 28.3. The lowest BCUT2D eigenvalue weighted by atomic mass is 9.72. The maximum Gasteiger partial charge on any atom is 0.416 e. The smallest absolute Gasteiger partial charge is 0.416 e. The number of carbonyl (C=O) groups is 2. The second kappa shape index (κ2) is 11.4. The van der Waals surface area contributed by atoms with E-state index in [4.69, 9.17) is 10.5 Å². The van der Waals surface area contributed by atoms with Crippen molar-refractivity contribution in [3.8, 4) is 0 Å². The van der Waals surface area contributed by atoms with Gasteiger partial charge in [-0.2, -0.15) is 26.3 Å². The van der Waals surface area contributed by atoms with Gasteiger partial charge in [0.1, 0.15) is 5.82 Å². The average molecular weight is 618 g/mol. The van der Waals surface area contributed by atoms with Crippen molar-refractivity contribution in [3.63, 3.8) is 0 Å². The van der Waals surface area contributed by atoms with Crippen molar-refractivity contribution < 1.29 is 45.1 Å². The van der Waals surface area contributed by atoms with Crippen molar-refractivity contribution >= 4 is 11.9 Å². The molecule has 3 N–H and O–H groups in total. The van der Waals surface area contributed by atoms with Crippen LogP contribution in [0.25, 0.3) is 0 Å². The van der Waals surface area contributed by atoms with Gasteiger partial charge in [0.15, 0.2) is 0 Å². The molecule has 2 saturated heterocycles. The molecule has 43 heavy (non-hydrogen) atoms. The van der Waals surface area contributed by atoms with E-state index in [0.717, 1.165) is 0 Å². The average Bonchev–Trinajstić information content (AvgIpc) is 3.33. The summed E-state index contributed by atoms with van der Waals surface area (Å²) in [6.45, 7) is 4.83. The highest BCUT2D eigenvalue weighted by atomic mass is 19.4. The zero-order chi connectivity index (χ0) is 32.1. The van der Waals surface area contributed by atoms with Gasteiger partial charge in [-0.1, -0.05) is 13.0 Å². The number of rotatable bonds is 5. The number of halogens is 7. The first kappa shape index (κ1) is 32.7. The van der Waals surface area contributed by atoms with Crippen LogP contribution in [0.2, 0.25) is 0 Å². The first-order chi connectivity index (χ1) is 19.8. The molecule has 0 aliphatic carbocycles. The van der Waals surface area contributed by atoms with Gasteiger partial charge in [-0.25, -0.2) is 4.39 Å². The molecule has 13 heteroatoms. The zero-order valence-electron chi connectivity index (χ0n) is 24.1. The fraction of sp³-hybridized carbons (Fsp3) is 0.533. The summed E-state index contributed by atoms with van der Waals surface area (Å²) in [6, 6.07) is 4.50. The number of benzene rings is 2. The van der Waals surface area contributed by atoms with E-state index in [-0.39, 0.29) is 19.0 Å². The molecule has 1 spiro atoms. The number of amides is 1. The Morgan fingerprint density at radius 3 is 2.21 bits per heavy atom. The number of esters is 1. The molecular weight excluding hydrogens is 583 g/mol. The molecule has 0 saturated carbocycles. The number of alkyl halides is 6. The van der Waals surface area contributed by atoms with Crippen LogP contribution >= 0.6 is 0 Å². The number of nitrogens with zero attached hydrogens (tertiary/aromatic N) is 1. The van der Waals surface area contributed by atoms with E-state index in [9.17, 15) is 40.3 Å². The Morgan fingerprint density at radius 1 is 1.07 bits per heavy atom. The lowest BCUT2D eigenvalue weighted by Crippen LogP contribution is -2.62. The second-order valence-electron chi connectivity index (χ2n) is 11.8. The van der Waals surface area contributed by atoms with Crippen molar-refractivity contribution in [1.82, 2.24) is 10.2 Å². The van der Waals surface area contributed by atoms with Crippen molar-refractivity contribution in [3.05, 3.63) is 70.0 Å². The summed E-state index contributed by atoms with van der Waals surface area (Å²) in [7, 11) is 1.29. The number of likely N-dealkylation sites (tertiary alicyclic amines) is 1. The van der Waals surface area contributed by atoms with Crippen LogP contribution in [0.15, 0.2) is 36.4 Å². The molecule has 4 rings (SSSR count). The Kier molecular flexibility index (Phi) is 8.66. The van der Waals surface area contributed by atoms with Crippen LogP contribution in [-0.2, 0) is 26.7 Å². The number of piperidine rings is 1. The van der Waals surface area contributed by atoms with E-state index in [1.54, 1.807) is 6.92 Å². The molecule has 0 radical (unpaired) electrons. The van der Waals surface area contributed by atoms with Gasteiger partial charge in [0.2, 0.25) is 5.91 Å². The quantitative estimate of drug-likeness (QED) is 0.324. The molecule has 0 bridgehead atoms. The molecule has 2 aromatic rings. The molecule has 2 aliphatic heterocycles. The fourth-order valence-electron chi connectivity index (χ4n) is 6.46. The highest BCUT2D eigenvalue weighted by Gasteiger charge is 2.54. The SMILES string of the molecule is COC(=O)[C@H]1CCN[C@@]12CCN(C(=O)C(C)(N)[C@H](C)c1cc(C(F)(F)F)cc(C(F)(F)F)c1)[C@@H](c1ccc(F)cc1C)C2. The maximum absolute atomic E-state index is 14.2. The third-order valence-electron chi connectivity index (χ3n) is 9.12. The molecule has 5 atom stereocenters. The summed E-state index contributed by atoms with van der Waals surface area (Å²) in [5.74, 6) is -3.42. The molecule has 2 heterocycles. The van der Waals surface area contributed by atoms with Crippen molar-refractivity contribution in [1.29, 1.82) is 0 Å². The lowest BCUT2D eigenvalue weighted by Gasteiger charge is -2.50. The van der Waals surface area contributed by atoms with E-state index in [2.05, 4.69) is 5.32 Å². The Balaban J connectivity index is 1.76. The van der Waals surface area contributed by atoms with Gasteiger partial charge in [-0.3, -0.25) is 9.59 Å². The molecule has 6 nitrogen and oxygen atoms in total. The van der Waals surface area contributed by atoms with Gasteiger partial charge in [0, 0.05) is 18.0 Å². The largest absolute Gasteiger partial charge is 0.469 e. The Labute approximate surface area is 244 Å². The summed E-state index contributed by atoms with van der Waals surface area (Å²) < 4.78 is 101. The highest BCUT2D eigenvalue weighted by Crippen LogP contribution is 2.47. The van der Waals surface area contributed by atoms with Crippen molar-refractivity contribution in [2.75, 3.05) is 20.2 Å². The molecular formula is C30H34F7N3O3. The van der Waals surface area contributed by atoms with Crippen LogP contribution in [0.3, 0.4) is 0 Å². The predicted molar refractivity (Wildman–Crippen MR) is 143 cm³/mol. The van der Waals surface area contributed by atoms with Gasteiger partial charge in [-0.15, -0.1) is 0 Å². The third-order valence-corrected chi connectivity index (χ3v) is 9.12. The Bertz CT molecular complexity index is 1360. The van der Waals surface area contributed by atoms with E-state index >= 15 is 0 Å². The maximum atomic E-state index is 14.2. The molecule has 0 aromatic heterocycles. The number of aryl methyl sites for hydroxylation is 1. The van der Waals surface area contributed by atoms with Gasteiger partial charge in [0.05, 0.1) is 35.7 Å². The minimum absolute atomic E-state index is 0.0235. The first-order valence-corrected chi connectivity index (χ1v) is 13.8. The number of methoxy groups -OCH3 is 1. The number of ether oxygens (including phenoxy) is 1. The number of nitrogens with two attached hydrogens (primary N) is 1.